The number of hydrogen-bond acceptors (Lipinski definition) is 3. The van der Waals surface area contributed by atoms with E-state index in [0.29, 0.717) is 0 Å². The number of rotatable bonds is 3. The molecule has 0 aliphatic heterocycles. The van der Waals surface area contributed by atoms with Gasteiger partial charge >= 0.3 is 0 Å². The van der Waals surface area contributed by atoms with Crippen LogP contribution in [0.2, 0.25) is 0 Å². The smallest absolute Gasteiger partial charge is 0.159 e. The molecule has 0 atom stereocenters. The second kappa shape index (κ2) is 4.75. The molecule has 0 aliphatic carbocycles. The van der Waals surface area contributed by atoms with Crippen LogP contribution in [0.5, 0.6) is 0 Å². The number of Topliss-reactive ketones (excluding diaryl/α,β-unsaturated/α-hetero) is 1. The molecule has 4 heteroatoms. The molecule has 0 spiro atoms. The van der Waals surface area contributed by atoms with Crippen molar-refractivity contribution >= 4 is 17.5 Å². The summed E-state index contributed by atoms with van der Waals surface area (Å²) in [6.07, 6.45) is 0. The number of hydrogen-bond donors (Lipinski definition) is 0. The highest BCUT2D eigenvalue weighted by atomic mass is 32.2. The third kappa shape index (κ3) is 2.77. The van der Waals surface area contributed by atoms with Gasteiger partial charge in [-0.3, -0.25) is 9.48 Å². The van der Waals surface area contributed by atoms with E-state index in [0.717, 1.165) is 21.2 Å². The van der Waals surface area contributed by atoms with Crippen LogP contribution in [0, 0.1) is 6.92 Å². The third-order valence-corrected chi connectivity index (χ3v) is 3.54. The first-order valence-corrected chi connectivity index (χ1v) is 6.17. The summed E-state index contributed by atoms with van der Waals surface area (Å²) in [5, 5.41) is 5.39. The fourth-order valence-electron chi connectivity index (χ4n) is 1.56. The van der Waals surface area contributed by atoms with Crippen LogP contribution < -0.4 is 0 Å². The Bertz CT molecular complexity index is 543. The van der Waals surface area contributed by atoms with E-state index in [4.69, 9.17) is 0 Å². The number of carbonyl (C=O) groups excluding carboxylic acids is 1. The fourth-order valence-corrected chi connectivity index (χ4v) is 2.48. The van der Waals surface area contributed by atoms with E-state index in [2.05, 4.69) is 5.10 Å². The van der Waals surface area contributed by atoms with Gasteiger partial charge in [0, 0.05) is 17.5 Å². The second-order valence-corrected chi connectivity index (χ2v) is 5.02. The van der Waals surface area contributed by atoms with Crippen molar-refractivity contribution in [2.45, 2.75) is 23.8 Å². The van der Waals surface area contributed by atoms with Crippen LogP contribution >= 0.6 is 11.8 Å². The topological polar surface area (TPSA) is 34.9 Å². The first-order chi connectivity index (χ1) is 8.06. The molecule has 0 amide bonds. The van der Waals surface area contributed by atoms with Crippen molar-refractivity contribution in [1.29, 1.82) is 0 Å². The zero-order valence-corrected chi connectivity index (χ0v) is 10.9. The van der Waals surface area contributed by atoms with Crippen LogP contribution in [0.1, 0.15) is 23.0 Å². The minimum atomic E-state index is 0.0953. The Balaban J connectivity index is 2.19. The maximum absolute atomic E-state index is 11.2. The van der Waals surface area contributed by atoms with Crippen molar-refractivity contribution in [2.75, 3.05) is 0 Å². The summed E-state index contributed by atoms with van der Waals surface area (Å²) in [6.45, 7) is 3.55. The highest BCUT2D eigenvalue weighted by molar-refractivity contribution is 7.99. The molecular formula is C13H14N2OS. The van der Waals surface area contributed by atoms with Gasteiger partial charge in [0.05, 0.1) is 10.7 Å². The number of ketones is 1. The lowest BCUT2D eigenvalue weighted by molar-refractivity contribution is 0.101. The number of aromatic nitrogens is 2. The van der Waals surface area contributed by atoms with Crippen LogP contribution in [0.3, 0.4) is 0 Å². The van der Waals surface area contributed by atoms with Crippen molar-refractivity contribution in [3.63, 3.8) is 0 Å². The van der Waals surface area contributed by atoms with Crippen molar-refractivity contribution < 1.29 is 4.79 Å². The Hall–Kier alpha value is -1.55. The van der Waals surface area contributed by atoms with Gasteiger partial charge in [-0.1, -0.05) is 23.9 Å². The number of aryl methyl sites for hydroxylation is 2. The summed E-state index contributed by atoms with van der Waals surface area (Å²) in [5.41, 5.74) is 1.76. The molecule has 88 valence electrons. The second-order valence-electron chi connectivity index (χ2n) is 3.93. The molecule has 1 aromatic heterocycles. The van der Waals surface area contributed by atoms with E-state index in [-0.39, 0.29) is 5.78 Å². The molecule has 1 aromatic carbocycles. The van der Waals surface area contributed by atoms with Crippen molar-refractivity contribution in [3.05, 3.63) is 41.6 Å². The SMILES string of the molecule is CC(=O)c1ccc(Sc2cc(C)nn2C)cc1. The summed E-state index contributed by atoms with van der Waals surface area (Å²) >= 11 is 1.64. The van der Waals surface area contributed by atoms with E-state index >= 15 is 0 Å². The van der Waals surface area contributed by atoms with Crippen molar-refractivity contribution in [1.82, 2.24) is 9.78 Å². The molecule has 17 heavy (non-hydrogen) atoms. The van der Waals surface area contributed by atoms with Gasteiger partial charge in [0.2, 0.25) is 0 Å². The lowest BCUT2D eigenvalue weighted by Crippen LogP contribution is -1.93. The highest BCUT2D eigenvalue weighted by Crippen LogP contribution is 2.27. The lowest BCUT2D eigenvalue weighted by Gasteiger charge is -2.02. The van der Waals surface area contributed by atoms with E-state index < -0.39 is 0 Å². The van der Waals surface area contributed by atoms with Gasteiger partial charge in [-0.2, -0.15) is 5.10 Å². The number of benzene rings is 1. The van der Waals surface area contributed by atoms with Gasteiger partial charge in [0.25, 0.3) is 0 Å². The molecule has 2 aromatic rings. The van der Waals surface area contributed by atoms with E-state index in [1.165, 1.54) is 0 Å². The molecular weight excluding hydrogens is 232 g/mol. The van der Waals surface area contributed by atoms with Gasteiger partial charge in [0.15, 0.2) is 5.78 Å². The van der Waals surface area contributed by atoms with Gasteiger partial charge < -0.3 is 0 Å². The van der Waals surface area contributed by atoms with Gasteiger partial charge in [0.1, 0.15) is 0 Å². The zero-order valence-electron chi connectivity index (χ0n) is 10.1. The van der Waals surface area contributed by atoms with Gasteiger partial charge in [-0.15, -0.1) is 0 Å². The molecule has 3 nitrogen and oxygen atoms in total. The molecule has 0 saturated heterocycles. The molecule has 0 aliphatic rings. The summed E-state index contributed by atoms with van der Waals surface area (Å²) in [7, 11) is 1.93. The first-order valence-electron chi connectivity index (χ1n) is 5.36. The largest absolute Gasteiger partial charge is 0.295 e. The Kier molecular flexibility index (Phi) is 3.33. The first kappa shape index (κ1) is 11.9. The minimum absolute atomic E-state index is 0.0953. The van der Waals surface area contributed by atoms with Crippen molar-refractivity contribution in [2.24, 2.45) is 7.05 Å². The molecule has 0 radical (unpaired) electrons. The molecule has 0 N–H and O–H groups in total. The van der Waals surface area contributed by atoms with Crippen LogP contribution in [0.4, 0.5) is 0 Å². The zero-order chi connectivity index (χ0) is 12.4. The Labute approximate surface area is 105 Å². The average Bonchev–Trinajstić information content (AvgIpc) is 2.58. The summed E-state index contributed by atoms with van der Waals surface area (Å²) in [5.74, 6) is 0.0953. The number of nitrogens with zero attached hydrogens (tertiary/aromatic N) is 2. The van der Waals surface area contributed by atoms with Gasteiger partial charge in [-0.25, -0.2) is 0 Å². The maximum atomic E-state index is 11.2. The Morgan fingerprint density at radius 3 is 2.41 bits per heavy atom. The minimum Gasteiger partial charge on any atom is -0.295 e. The van der Waals surface area contributed by atoms with Crippen molar-refractivity contribution in [3.8, 4) is 0 Å². The van der Waals surface area contributed by atoms with E-state index in [9.17, 15) is 4.79 Å². The van der Waals surface area contributed by atoms with E-state index in [1.807, 2.05) is 49.0 Å². The monoisotopic (exact) mass is 246 g/mol. The molecule has 2 rings (SSSR count). The third-order valence-electron chi connectivity index (χ3n) is 2.44. The fraction of sp³-hybridized carbons (Fsp3) is 0.231. The highest BCUT2D eigenvalue weighted by Gasteiger charge is 2.05. The van der Waals surface area contributed by atoms with Crippen LogP contribution in [-0.4, -0.2) is 15.6 Å². The Morgan fingerprint density at radius 1 is 1.29 bits per heavy atom. The van der Waals surface area contributed by atoms with Gasteiger partial charge in [-0.05, 0) is 32.0 Å². The predicted octanol–water partition coefficient (Wildman–Crippen LogP) is 3.08. The summed E-state index contributed by atoms with van der Waals surface area (Å²) in [6, 6.07) is 9.68. The molecule has 0 unspecified atom stereocenters. The quantitative estimate of drug-likeness (QED) is 0.781. The molecule has 0 saturated carbocycles. The normalized spacial score (nSPS) is 10.5. The van der Waals surface area contributed by atoms with Crippen LogP contribution in [-0.2, 0) is 7.05 Å². The molecule has 1 heterocycles. The maximum Gasteiger partial charge on any atom is 0.159 e. The lowest BCUT2D eigenvalue weighted by atomic mass is 10.2. The van der Waals surface area contributed by atoms with Crippen LogP contribution in [0.25, 0.3) is 0 Å². The standard InChI is InChI=1S/C13H14N2OS/c1-9-8-13(15(3)14-9)17-12-6-4-11(5-7-12)10(2)16/h4-8H,1-3H3. The summed E-state index contributed by atoms with van der Waals surface area (Å²) in [4.78, 5) is 12.3. The van der Waals surface area contributed by atoms with Crippen LogP contribution in [0.15, 0.2) is 40.3 Å². The van der Waals surface area contributed by atoms with E-state index in [1.54, 1.807) is 18.7 Å². The average molecular weight is 246 g/mol. The number of carbonyl (C=O) groups is 1. The molecule has 0 fully saturated rings. The summed E-state index contributed by atoms with van der Waals surface area (Å²) < 4.78 is 1.86. The molecule has 0 bridgehead atoms. The Morgan fingerprint density at radius 2 is 1.94 bits per heavy atom. The predicted molar refractivity (Wildman–Crippen MR) is 68.5 cm³/mol.